The molecule has 0 bridgehead atoms. The highest BCUT2D eigenvalue weighted by Gasteiger charge is 2.45. The molecule has 1 aliphatic heterocycles. The first-order valence-electron chi connectivity index (χ1n) is 5.30. The first-order chi connectivity index (χ1) is 7.47. The van der Waals surface area contributed by atoms with E-state index in [1.165, 1.54) is 0 Å². The number of carbonyl (C=O) groups is 1. The van der Waals surface area contributed by atoms with Gasteiger partial charge in [-0.1, -0.05) is 25.6 Å². The average molecular weight is 249 g/mol. The molecular weight excluding hydrogens is 230 g/mol. The summed E-state index contributed by atoms with van der Waals surface area (Å²) in [5.74, 6) is 0. The summed E-state index contributed by atoms with van der Waals surface area (Å²) in [6.45, 7) is 4.37. The van der Waals surface area contributed by atoms with Crippen molar-refractivity contribution in [2.24, 2.45) is 0 Å². The van der Waals surface area contributed by atoms with Crippen molar-refractivity contribution in [3.8, 4) is 0 Å². The molecule has 0 aromatic carbocycles. The van der Waals surface area contributed by atoms with Crippen molar-refractivity contribution in [3.63, 3.8) is 0 Å². The van der Waals surface area contributed by atoms with Crippen LogP contribution < -0.4 is 5.32 Å². The predicted octanol–water partition coefficient (Wildman–Crippen LogP) is -0.637. The van der Waals surface area contributed by atoms with E-state index >= 15 is 0 Å². The summed E-state index contributed by atoms with van der Waals surface area (Å²) < 4.78 is 5.36. The zero-order valence-electron chi connectivity index (χ0n) is 9.71. The quantitative estimate of drug-likeness (QED) is 0.615. The molecule has 0 spiro atoms. The summed E-state index contributed by atoms with van der Waals surface area (Å²) in [7, 11) is 0. The molecule has 94 valence electrons. The number of ether oxygens (including phenoxy) is 1. The van der Waals surface area contributed by atoms with Crippen molar-refractivity contribution in [1.29, 1.82) is 0 Å². The number of aliphatic hydroxyl groups excluding tert-OH is 2. The summed E-state index contributed by atoms with van der Waals surface area (Å²) in [6, 6.07) is 0.267. The lowest BCUT2D eigenvalue weighted by molar-refractivity contribution is -0.124. The third kappa shape index (κ3) is 3.18. The van der Waals surface area contributed by atoms with Gasteiger partial charge in [-0.2, -0.15) is 0 Å². The van der Waals surface area contributed by atoms with Crippen LogP contribution in [0, 0.1) is 0 Å². The van der Waals surface area contributed by atoms with Crippen LogP contribution in [0.25, 0.3) is 0 Å². The minimum absolute atomic E-state index is 0.251. The Morgan fingerprint density at radius 2 is 2.06 bits per heavy atom. The first-order valence-corrected chi connectivity index (χ1v) is 6.52. The van der Waals surface area contributed by atoms with E-state index in [-0.39, 0.29) is 11.2 Å². The second kappa shape index (κ2) is 5.97. The van der Waals surface area contributed by atoms with Gasteiger partial charge in [0, 0.05) is 12.6 Å². The van der Waals surface area contributed by atoms with Gasteiger partial charge in [0.15, 0.2) is 6.10 Å². The van der Waals surface area contributed by atoms with Crippen LogP contribution in [0.3, 0.4) is 0 Å². The molecule has 3 N–H and O–H groups in total. The Labute approximate surface area is 99.6 Å². The van der Waals surface area contributed by atoms with Gasteiger partial charge in [-0.25, -0.2) is 0 Å². The van der Waals surface area contributed by atoms with E-state index in [1.54, 1.807) is 6.26 Å². The lowest BCUT2D eigenvalue weighted by Crippen LogP contribution is -2.40. The summed E-state index contributed by atoms with van der Waals surface area (Å²) >= 11 is 0.999. The largest absolute Gasteiger partial charge is 0.388 e. The number of carbonyl (C=O) groups excluding carboxylic acids is 1. The van der Waals surface area contributed by atoms with Crippen molar-refractivity contribution >= 4 is 16.9 Å². The number of hydrogen-bond acceptors (Lipinski definition) is 6. The van der Waals surface area contributed by atoms with Crippen LogP contribution in [0.2, 0.25) is 0 Å². The van der Waals surface area contributed by atoms with Gasteiger partial charge in [-0.3, -0.25) is 4.79 Å². The van der Waals surface area contributed by atoms with Crippen LogP contribution in [0.15, 0.2) is 0 Å². The van der Waals surface area contributed by atoms with E-state index < -0.39 is 24.4 Å². The Hall–Kier alpha value is -0.140. The van der Waals surface area contributed by atoms with Crippen molar-refractivity contribution < 1.29 is 19.7 Å². The third-order valence-electron chi connectivity index (χ3n) is 2.52. The van der Waals surface area contributed by atoms with E-state index in [9.17, 15) is 15.0 Å². The van der Waals surface area contributed by atoms with Crippen LogP contribution in [0.5, 0.6) is 0 Å². The molecule has 4 atom stereocenters. The monoisotopic (exact) mass is 249 g/mol. The van der Waals surface area contributed by atoms with Gasteiger partial charge in [0.05, 0.1) is 6.10 Å². The normalized spacial score (nSPS) is 34.6. The molecule has 5 nitrogen and oxygen atoms in total. The number of thioether (sulfide) groups is 1. The molecule has 1 saturated heterocycles. The molecule has 6 heteroatoms. The molecule has 16 heavy (non-hydrogen) atoms. The van der Waals surface area contributed by atoms with Crippen LogP contribution >= 0.6 is 11.8 Å². The molecule has 1 rings (SSSR count). The molecular formula is C10H19NO4S. The zero-order chi connectivity index (χ0) is 12.3. The molecule has 1 heterocycles. The number of hydrogen-bond donors (Lipinski definition) is 3. The maximum absolute atomic E-state index is 11.4. The number of nitrogens with one attached hydrogen (secondary N) is 1. The smallest absolute Gasteiger partial charge is 0.220 e. The van der Waals surface area contributed by atoms with E-state index in [4.69, 9.17) is 4.74 Å². The summed E-state index contributed by atoms with van der Waals surface area (Å²) in [4.78, 5) is 11.4. The lowest BCUT2D eigenvalue weighted by atomic mass is 10.1. The molecule has 0 radical (unpaired) electrons. The van der Waals surface area contributed by atoms with Gasteiger partial charge in [-0.05, 0) is 6.26 Å². The Balaban J connectivity index is 2.54. The van der Waals surface area contributed by atoms with Gasteiger partial charge >= 0.3 is 0 Å². The molecule has 0 aromatic rings. The number of aliphatic hydroxyl groups is 2. The van der Waals surface area contributed by atoms with Crippen molar-refractivity contribution in [2.45, 2.75) is 44.3 Å². The number of rotatable bonds is 4. The Kier molecular flexibility index (Phi) is 5.20. The molecule has 0 aromatic heterocycles. The molecule has 0 unspecified atom stereocenters. The molecule has 0 saturated carbocycles. The first kappa shape index (κ1) is 13.9. The van der Waals surface area contributed by atoms with Crippen LogP contribution in [-0.2, 0) is 9.53 Å². The Morgan fingerprint density at radius 1 is 1.44 bits per heavy atom. The van der Waals surface area contributed by atoms with Gasteiger partial charge in [-0.15, -0.1) is 0 Å². The fourth-order valence-corrected chi connectivity index (χ4v) is 2.01. The average Bonchev–Trinajstić information content (AvgIpc) is 2.52. The second-order valence-electron chi connectivity index (χ2n) is 4.16. The van der Waals surface area contributed by atoms with E-state index in [0.717, 1.165) is 11.8 Å². The van der Waals surface area contributed by atoms with Gasteiger partial charge < -0.3 is 20.3 Å². The van der Waals surface area contributed by atoms with Gasteiger partial charge in [0.1, 0.15) is 12.2 Å². The maximum atomic E-state index is 11.4. The molecule has 1 aliphatic rings. The Morgan fingerprint density at radius 3 is 2.56 bits per heavy atom. The molecule has 0 amide bonds. The highest BCUT2D eigenvalue weighted by atomic mass is 32.2. The van der Waals surface area contributed by atoms with Gasteiger partial charge in [0.25, 0.3) is 0 Å². The summed E-state index contributed by atoms with van der Waals surface area (Å²) in [6.07, 6.45) is -1.95. The molecule has 1 fully saturated rings. The highest BCUT2D eigenvalue weighted by Crippen LogP contribution is 2.24. The standard InChI is InChI=1S/C10H19NO4S/c1-5(2)11-4-6-7(12)8(13)9(15-6)10(14)16-3/h5-9,11-13H,4H2,1-3H3/t6-,7-,8-,9+/m1/s1. The lowest BCUT2D eigenvalue weighted by Gasteiger charge is -2.16. The minimum atomic E-state index is -1.13. The predicted molar refractivity (Wildman–Crippen MR) is 62.3 cm³/mol. The van der Waals surface area contributed by atoms with Crippen molar-refractivity contribution in [1.82, 2.24) is 5.32 Å². The Bertz CT molecular complexity index is 249. The summed E-state index contributed by atoms with van der Waals surface area (Å²) in [5.41, 5.74) is 0. The SMILES string of the molecule is CSC(=O)[C@H]1O[C@H](CNC(C)C)[C@@H](O)[C@H]1O. The van der Waals surface area contributed by atoms with E-state index in [0.29, 0.717) is 6.54 Å². The van der Waals surface area contributed by atoms with Crippen LogP contribution in [0.4, 0.5) is 0 Å². The van der Waals surface area contributed by atoms with Crippen LogP contribution in [-0.4, -0.2) is 58.6 Å². The zero-order valence-corrected chi connectivity index (χ0v) is 10.5. The summed E-state index contributed by atoms with van der Waals surface area (Å²) in [5, 5.41) is 22.2. The van der Waals surface area contributed by atoms with Gasteiger partial charge in [0.2, 0.25) is 5.12 Å². The fourth-order valence-electron chi connectivity index (χ4n) is 1.58. The van der Waals surface area contributed by atoms with Crippen molar-refractivity contribution in [3.05, 3.63) is 0 Å². The highest BCUT2D eigenvalue weighted by molar-refractivity contribution is 8.13. The molecule has 0 aliphatic carbocycles. The maximum Gasteiger partial charge on any atom is 0.220 e. The topological polar surface area (TPSA) is 78.8 Å². The second-order valence-corrected chi connectivity index (χ2v) is 4.97. The fraction of sp³-hybridized carbons (Fsp3) is 0.900. The van der Waals surface area contributed by atoms with Crippen LogP contribution in [0.1, 0.15) is 13.8 Å². The third-order valence-corrected chi connectivity index (χ3v) is 3.16. The minimum Gasteiger partial charge on any atom is -0.388 e. The van der Waals surface area contributed by atoms with E-state index in [1.807, 2.05) is 13.8 Å². The van der Waals surface area contributed by atoms with Crippen molar-refractivity contribution in [2.75, 3.05) is 12.8 Å². The van der Waals surface area contributed by atoms with E-state index in [2.05, 4.69) is 5.32 Å².